The number of rotatable bonds is 5. The molecule has 1 saturated heterocycles. The Morgan fingerprint density at radius 2 is 2.13 bits per heavy atom. The van der Waals surface area contributed by atoms with Crippen LogP contribution in [0.3, 0.4) is 0 Å². The van der Waals surface area contributed by atoms with Crippen LogP contribution in [0.5, 0.6) is 0 Å². The van der Waals surface area contributed by atoms with Crippen LogP contribution in [0.4, 0.5) is 0 Å². The summed E-state index contributed by atoms with van der Waals surface area (Å²) in [5.74, 6) is -1.06. The zero-order valence-corrected chi connectivity index (χ0v) is 14.2. The molecule has 0 atom stereocenters. The van der Waals surface area contributed by atoms with E-state index < -0.39 is 5.97 Å². The van der Waals surface area contributed by atoms with E-state index in [0.29, 0.717) is 22.2 Å². The number of benzene rings is 1. The van der Waals surface area contributed by atoms with Crippen molar-refractivity contribution in [3.05, 3.63) is 28.7 Å². The third-order valence-electron chi connectivity index (χ3n) is 3.22. The number of thiocarbonyl (C=S) groups is 1. The maximum absolute atomic E-state index is 12.4. The molecule has 0 spiro atoms. The van der Waals surface area contributed by atoms with Crippen LogP contribution < -0.4 is 0 Å². The van der Waals surface area contributed by atoms with Gasteiger partial charge in [-0.2, -0.15) is 8.75 Å². The van der Waals surface area contributed by atoms with Crippen molar-refractivity contribution in [2.24, 2.45) is 0 Å². The van der Waals surface area contributed by atoms with Crippen molar-refractivity contribution in [2.75, 3.05) is 6.54 Å². The second-order valence-electron chi connectivity index (χ2n) is 4.84. The molecule has 1 aliphatic heterocycles. The first-order valence-corrected chi connectivity index (χ1v) is 8.69. The van der Waals surface area contributed by atoms with E-state index in [1.54, 1.807) is 6.08 Å². The molecular formula is C14H11N3O3S3. The predicted molar refractivity (Wildman–Crippen MR) is 94.2 cm³/mol. The number of amides is 1. The molecule has 2 aromatic rings. The lowest BCUT2D eigenvalue weighted by atomic mass is 10.2. The predicted octanol–water partition coefficient (Wildman–Crippen LogP) is 2.76. The number of carboxylic acid groups (broad SMARTS) is 1. The fraction of sp³-hybridized carbons (Fsp3) is 0.214. The lowest BCUT2D eigenvalue weighted by molar-refractivity contribution is -0.137. The highest BCUT2D eigenvalue weighted by molar-refractivity contribution is 8.26. The van der Waals surface area contributed by atoms with Crippen LogP contribution in [0.25, 0.3) is 17.1 Å². The Morgan fingerprint density at radius 3 is 2.91 bits per heavy atom. The number of aliphatic carboxylic acids is 1. The van der Waals surface area contributed by atoms with Gasteiger partial charge in [0.2, 0.25) is 0 Å². The molecule has 0 saturated carbocycles. The van der Waals surface area contributed by atoms with Crippen molar-refractivity contribution in [1.29, 1.82) is 0 Å². The number of nitrogens with zero attached hydrogens (tertiary/aromatic N) is 3. The summed E-state index contributed by atoms with van der Waals surface area (Å²) in [5, 5.41) is 8.67. The van der Waals surface area contributed by atoms with Gasteiger partial charge in [-0.3, -0.25) is 14.5 Å². The Morgan fingerprint density at radius 1 is 1.35 bits per heavy atom. The van der Waals surface area contributed by atoms with Crippen LogP contribution in [-0.4, -0.2) is 41.5 Å². The molecule has 1 aromatic carbocycles. The van der Waals surface area contributed by atoms with Gasteiger partial charge in [0.15, 0.2) is 0 Å². The minimum atomic E-state index is -0.879. The van der Waals surface area contributed by atoms with Crippen LogP contribution in [0.2, 0.25) is 0 Å². The molecule has 2 heterocycles. The monoisotopic (exact) mass is 365 g/mol. The van der Waals surface area contributed by atoms with Gasteiger partial charge in [-0.25, -0.2) is 0 Å². The first-order chi connectivity index (χ1) is 11.0. The van der Waals surface area contributed by atoms with Crippen molar-refractivity contribution in [3.63, 3.8) is 0 Å². The van der Waals surface area contributed by atoms with Gasteiger partial charge in [-0.15, -0.1) is 0 Å². The lowest BCUT2D eigenvalue weighted by Gasteiger charge is -2.13. The largest absolute Gasteiger partial charge is 0.481 e. The Kier molecular flexibility index (Phi) is 4.69. The molecule has 1 N–H and O–H groups in total. The summed E-state index contributed by atoms with van der Waals surface area (Å²) in [4.78, 5) is 24.9. The number of carbonyl (C=O) groups is 2. The molecule has 1 fully saturated rings. The van der Waals surface area contributed by atoms with E-state index in [4.69, 9.17) is 17.3 Å². The molecule has 3 rings (SSSR count). The lowest BCUT2D eigenvalue weighted by Crippen LogP contribution is -2.29. The van der Waals surface area contributed by atoms with Crippen molar-refractivity contribution < 1.29 is 14.7 Å². The molecule has 9 heteroatoms. The highest BCUT2D eigenvalue weighted by Crippen LogP contribution is 2.33. The number of carboxylic acids is 1. The number of carbonyl (C=O) groups excluding carboxylic acids is 1. The van der Waals surface area contributed by atoms with E-state index in [2.05, 4.69) is 8.75 Å². The van der Waals surface area contributed by atoms with Crippen molar-refractivity contribution in [3.8, 4) is 0 Å². The average molecular weight is 365 g/mol. The quantitative estimate of drug-likeness (QED) is 0.644. The smallest absolute Gasteiger partial charge is 0.303 e. The Hall–Kier alpha value is -1.84. The zero-order chi connectivity index (χ0) is 16.4. The van der Waals surface area contributed by atoms with E-state index >= 15 is 0 Å². The molecule has 0 bridgehead atoms. The summed E-state index contributed by atoms with van der Waals surface area (Å²) in [5.41, 5.74) is 2.48. The third kappa shape index (κ3) is 3.57. The summed E-state index contributed by atoms with van der Waals surface area (Å²) in [6.45, 7) is 0.323. The first-order valence-electron chi connectivity index (χ1n) is 6.74. The maximum Gasteiger partial charge on any atom is 0.303 e. The van der Waals surface area contributed by atoms with E-state index in [0.717, 1.165) is 28.3 Å². The minimum absolute atomic E-state index is 0.0175. The van der Waals surface area contributed by atoms with Gasteiger partial charge in [0.05, 0.1) is 16.6 Å². The molecule has 1 amide bonds. The van der Waals surface area contributed by atoms with E-state index in [1.165, 1.54) is 16.7 Å². The summed E-state index contributed by atoms with van der Waals surface area (Å²) in [7, 11) is 0. The fourth-order valence-electron chi connectivity index (χ4n) is 2.12. The summed E-state index contributed by atoms with van der Waals surface area (Å²) < 4.78 is 8.78. The van der Waals surface area contributed by atoms with Crippen LogP contribution in [-0.2, 0) is 9.59 Å². The van der Waals surface area contributed by atoms with Gasteiger partial charge in [0.1, 0.15) is 15.4 Å². The second-order valence-corrected chi connectivity index (χ2v) is 7.05. The van der Waals surface area contributed by atoms with Crippen LogP contribution >= 0.6 is 35.7 Å². The van der Waals surface area contributed by atoms with E-state index in [9.17, 15) is 9.59 Å². The van der Waals surface area contributed by atoms with Gasteiger partial charge >= 0.3 is 5.97 Å². The van der Waals surface area contributed by atoms with Crippen molar-refractivity contribution in [1.82, 2.24) is 13.6 Å². The molecule has 1 aromatic heterocycles. The highest BCUT2D eigenvalue weighted by atomic mass is 32.2. The number of thioether (sulfide) groups is 1. The number of fused-ring (bicyclic) bond motifs is 1. The van der Waals surface area contributed by atoms with E-state index in [-0.39, 0.29) is 12.3 Å². The summed E-state index contributed by atoms with van der Waals surface area (Å²) in [6.07, 6.45) is 2.17. The minimum Gasteiger partial charge on any atom is -0.481 e. The number of hydrogen-bond acceptors (Lipinski definition) is 7. The molecule has 1 aliphatic rings. The van der Waals surface area contributed by atoms with Crippen molar-refractivity contribution in [2.45, 2.75) is 12.8 Å². The van der Waals surface area contributed by atoms with Gasteiger partial charge in [0.25, 0.3) is 5.91 Å². The van der Waals surface area contributed by atoms with Crippen molar-refractivity contribution >= 4 is 69.0 Å². The molecule has 6 nitrogen and oxygen atoms in total. The Bertz CT molecular complexity index is 831. The number of hydrogen-bond donors (Lipinski definition) is 1. The summed E-state index contributed by atoms with van der Waals surface area (Å²) in [6, 6.07) is 5.61. The zero-order valence-electron chi connectivity index (χ0n) is 11.8. The molecular weight excluding hydrogens is 354 g/mol. The van der Waals surface area contributed by atoms with Gasteiger partial charge < -0.3 is 5.11 Å². The maximum atomic E-state index is 12.4. The van der Waals surface area contributed by atoms with Gasteiger partial charge in [-0.1, -0.05) is 30.0 Å². The highest BCUT2D eigenvalue weighted by Gasteiger charge is 2.31. The molecule has 0 radical (unpaired) electrons. The van der Waals surface area contributed by atoms with Gasteiger partial charge in [-0.05, 0) is 30.2 Å². The van der Waals surface area contributed by atoms with Crippen LogP contribution in [0, 0.1) is 0 Å². The number of aromatic nitrogens is 2. The van der Waals surface area contributed by atoms with Crippen LogP contribution in [0.15, 0.2) is 23.1 Å². The summed E-state index contributed by atoms with van der Waals surface area (Å²) >= 11 is 7.59. The average Bonchev–Trinajstić information content (AvgIpc) is 3.06. The molecule has 118 valence electrons. The second kappa shape index (κ2) is 6.73. The topological polar surface area (TPSA) is 83.4 Å². The molecule has 0 unspecified atom stereocenters. The Labute approximate surface area is 145 Å². The SMILES string of the molecule is O=C(O)CCCN1C(=O)C(=Cc2ccc3nsnc3c2)SC1=S. The Balaban J connectivity index is 1.76. The standard InChI is InChI=1S/C14H11N3O3S3/c18-12(19)2-1-5-17-13(20)11(22-14(17)21)7-8-3-4-9-10(6-8)16-23-15-9/h3-4,6-7H,1-2,5H2,(H,18,19). The normalized spacial score (nSPS) is 16.7. The fourth-order valence-corrected chi connectivity index (χ4v) is 3.95. The van der Waals surface area contributed by atoms with Gasteiger partial charge in [0, 0.05) is 13.0 Å². The third-order valence-corrected chi connectivity index (χ3v) is 5.16. The molecule has 0 aliphatic carbocycles. The first kappa shape index (κ1) is 16.0. The molecule has 23 heavy (non-hydrogen) atoms. The van der Waals surface area contributed by atoms with Crippen LogP contribution in [0.1, 0.15) is 18.4 Å². The van der Waals surface area contributed by atoms with E-state index in [1.807, 2.05) is 18.2 Å².